The Balaban J connectivity index is 2.37. The molecular formula is C13H26N2O. The van der Waals surface area contributed by atoms with Crippen molar-refractivity contribution in [1.29, 1.82) is 0 Å². The highest BCUT2D eigenvalue weighted by Gasteiger charge is 2.27. The molecule has 1 amide bonds. The van der Waals surface area contributed by atoms with Gasteiger partial charge in [-0.05, 0) is 38.1 Å². The maximum absolute atomic E-state index is 12.1. The van der Waals surface area contributed by atoms with Crippen LogP contribution in [-0.4, -0.2) is 36.5 Å². The lowest BCUT2D eigenvalue weighted by Gasteiger charge is -2.33. The number of carbonyl (C=O) groups excluding carboxylic acids is 1. The van der Waals surface area contributed by atoms with E-state index in [9.17, 15) is 4.79 Å². The van der Waals surface area contributed by atoms with Crippen molar-refractivity contribution in [2.45, 2.75) is 52.5 Å². The van der Waals surface area contributed by atoms with Crippen molar-refractivity contribution in [1.82, 2.24) is 10.2 Å². The second-order valence-electron chi connectivity index (χ2n) is 5.16. The molecule has 1 heterocycles. The summed E-state index contributed by atoms with van der Waals surface area (Å²) in [6, 6.07) is 0.0841. The lowest BCUT2D eigenvalue weighted by Crippen LogP contribution is -2.51. The van der Waals surface area contributed by atoms with Crippen molar-refractivity contribution in [3.8, 4) is 0 Å². The van der Waals surface area contributed by atoms with Crippen molar-refractivity contribution in [3.05, 3.63) is 0 Å². The van der Waals surface area contributed by atoms with Crippen molar-refractivity contribution in [3.63, 3.8) is 0 Å². The van der Waals surface area contributed by atoms with Crippen LogP contribution < -0.4 is 5.32 Å². The minimum Gasteiger partial charge on any atom is -0.341 e. The van der Waals surface area contributed by atoms with Crippen molar-refractivity contribution >= 4 is 5.91 Å². The van der Waals surface area contributed by atoms with Gasteiger partial charge in [0.15, 0.2) is 0 Å². The first kappa shape index (κ1) is 13.5. The fourth-order valence-electron chi connectivity index (χ4n) is 2.08. The Bertz CT molecular complexity index is 216. The number of rotatable bonds is 6. The highest BCUT2D eigenvalue weighted by molar-refractivity contribution is 5.82. The molecule has 1 N–H and O–H groups in total. The SMILES string of the molecule is CCCNC1CCCN(CCC(C)C)C1=O. The van der Waals surface area contributed by atoms with Gasteiger partial charge in [-0.2, -0.15) is 0 Å². The van der Waals surface area contributed by atoms with Crippen LogP contribution in [0.5, 0.6) is 0 Å². The summed E-state index contributed by atoms with van der Waals surface area (Å²) < 4.78 is 0. The third kappa shape index (κ3) is 4.12. The molecule has 1 atom stereocenters. The van der Waals surface area contributed by atoms with Crippen molar-refractivity contribution in [2.24, 2.45) is 5.92 Å². The van der Waals surface area contributed by atoms with Gasteiger partial charge < -0.3 is 10.2 Å². The largest absolute Gasteiger partial charge is 0.341 e. The van der Waals surface area contributed by atoms with Gasteiger partial charge in [0.2, 0.25) is 5.91 Å². The van der Waals surface area contributed by atoms with Gasteiger partial charge in [0.1, 0.15) is 0 Å². The molecular weight excluding hydrogens is 200 g/mol. The number of hydrogen-bond donors (Lipinski definition) is 1. The molecule has 1 aliphatic rings. The predicted molar refractivity (Wildman–Crippen MR) is 67.4 cm³/mol. The number of nitrogens with zero attached hydrogens (tertiary/aromatic N) is 1. The summed E-state index contributed by atoms with van der Waals surface area (Å²) in [6.45, 7) is 9.39. The van der Waals surface area contributed by atoms with Gasteiger partial charge in [0.25, 0.3) is 0 Å². The maximum Gasteiger partial charge on any atom is 0.239 e. The zero-order valence-corrected chi connectivity index (χ0v) is 11.0. The standard InChI is InChI=1S/C13H26N2O/c1-4-8-14-12-6-5-9-15(13(12)16)10-7-11(2)3/h11-12,14H,4-10H2,1-3H3. The molecule has 0 saturated carbocycles. The van der Waals surface area contributed by atoms with E-state index in [-0.39, 0.29) is 6.04 Å². The van der Waals surface area contributed by atoms with E-state index in [1.807, 2.05) is 4.90 Å². The first-order chi connectivity index (χ1) is 7.65. The molecule has 1 rings (SSSR count). The number of hydrogen-bond acceptors (Lipinski definition) is 2. The number of likely N-dealkylation sites (tertiary alicyclic amines) is 1. The Hall–Kier alpha value is -0.570. The Labute approximate surface area is 99.6 Å². The van der Waals surface area contributed by atoms with E-state index in [2.05, 4.69) is 26.1 Å². The van der Waals surface area contributed by atoms with Crippen LogP contribution in [0.3, 0.4) is 0 Å². The van der Waals surface area contributed by atoms with E-state index >= 15 is 0 Å². The molecule has 1 aliphatic heterocycles. The molecule has 0 spiro atoms. The summed E-state index contributed by atoms with van der Waals surface area (Å²) in [7, 11) is 0. The molecule has 0 aliphatic carbocycles. The molecule has 0 aromatic carbocycles. The smallest absolute Gasteiger partial charge is 0.239 e. The minimum atomic E-state index is 0.0841. The van der Waals surface area contributed by atoms with Crippen LogP contribution >= 0.6 is 0 Å². The molecule has 16 heavy (non-hydrogen) atoms. The number of nitrogens with one attached hydrogen (secondary N) is 1. The minimum absolute atomic E-state index is 0.0841. The fraction of sp³-hybridized carbons (Fsp3) is 0.923. The molecule has 1 unspecified atom stereocenters. The summed E-state index contributed by atoms with van der Waals surface area (Å²) in [6.07, 6.45) is 4.37. The summed E-state index contributed by atoms with van der Waals surface area (Å²) in [5.41, 5.74) is 0. The zero-order chi connectivity index (χ0) is 12.0. The lowest BCUT2D eigenvalue weighted by molar-refractivity contribution is -0.136. The molecule has 3 heteroatoms. The van der Waals surface area contributed by atoms with Crippen LogP contribution in [0.15, 0.2) is 0 Å². The highest BCUT2D eigenvalue weighted by Crippen LogP contribution is 2.13. The Morgan fingerprint density at radius 2 is 2.25 bits per heavy atom. The molecule has 0 aromatic heterocycles. The first-order valence-corrected chi connectivity index (χ1v) is 6.67. The van der Waals surface area contributed by atoms with Crippen LogP contribution in [0.2, 0.25) is 0 Å². The summed E-state index contributed by atoms with van der Waals surface area (Å²) in [4.78, 5) is 14.1. The van der Waals surface area contributed by atoms with Gasteiger partial charge in [-0.3, -0.25) is 4.79 Å². The fourth-order valence-corrected chi connectivity index (χ4v) is 2.08. The molecule has 94 valence electrons. The van der Waals surface area contributed by atoms with Gasteiger partial charge in [-0.15, -0.1) is 0 Å². The number of carbonyl (C=O) groups is 1. The van der Waals surface area contributed by atoms with Crippen LogP contribution in [0.25, 0.3) is 0 Å². The summed E-state index contributed by atoms with van der Waals surface area (Å²) in [5, 5.41) is 3.35. The Morgan fingerprint density at radius 1 is 1.50 bits per heavy atom. The van der Waals surface area contributed by atoms with Crippen LogP contribution in [0.4, 0.5) is 0 Å². The maximum atomic E-state index is 12.1. The van der Waals surface area contributed by atoms with Gasteiger partial charge in [-0.1, -0.05) is 20.8 Å². The van der Waals surface area contributed by atoms with E-state index in [0.29, 0.717) is 11.8 Å². The molecule has 3 nitrogen and oxygen atoms in total. The van der Waals surface area contributed by atoms with E-state index in [0.717, 1.165) is 45.3 Å². The normalized spacial score (nSPS) is 21.9. The second kappa shape index (κ2) is 6.89. The van der Waals surface area contributed by atoms with Gasteiger partial charge in [0, 0.05) is 13.1 Å². The van der Waals surface area contributed by atoms with E-state index in [1.54, 1.807) is 0 Å². The molecule has 0 aromatic rings. The van der Waals surface area contributed by atoms with Gasteiger partial charge in [-0.25, -0.2) is 0 Å². The average Bonchev–Trinajstić information content (AvgIpc) is 2.26. The first-order valence-electron chi connectivity index (χ1n) is 6.67. The van der Waals surface area contributed by atoms with E-state index in [4.69, 9.17) is 0 Å². The Morgan fingerprint density at radius 3 is 2.88 bits per heavy atom. The molecule has 0 radical (unpaired) electrons. The Kier molecular flexibility index (Phi) is 5.81. The topological polar surface area (TPSA) is 32.3 Å². The monoisotopic (exact) mass is 226 g/mol. The molecule has 0 bridgehead atoms. The summed E-state index contributed by atoms with van der Waals surface area (Å²) in [5.74, 6) is 0.997. The van der Waals surface area contributed by atoms with Crippen LogP contribution in [-0.2, 0) is 4.79 Å². The van der Waals surface area contributed by atoms with Crippen molar-refractivity contribution in [2.75, 3.05) is 19.6 Å². The molecule has 1 fully saturated rings. The number of amides is 1. The predicted octanol–water partition coefficient (Wildman–Crippen LogP) is 2.02. The van der Waals surface area contributed by atoms with Gasteiger partial charge >= 0.3 is 0 Å². The number of piperidine rings is 1. The lowest BCUT2D eigenvalue weighted by atomic mass is 10.0. The summed E-state index contributed by atoms with van der Waals surface area (Å²) >= 11 is 0. The van der Waals surface area contributed by atoms with E-state index < -0.39 is 0 Å². The second-order valence-corrected chi connectivity index (χ2v) is 5.16. The third-order valence-electron chi connectivity index (χ3n) is 3.15. The quantitative estimate of drug-likeness (QED) is 0.751. The van der Waals surface area contributed by atoms with Gasteiger partial charge in [0.05, 0.1) is 6.04 Å². The highest BCUT2D eigenvalue weighted by atomic mass is 16.2. The van der Waals surface area contributed by atoms with Crippen LogP contribution in [0.1, 0.15) is 46.5 Å². The molecule has 1 saturated heterocycles. The van der Waals surface area contributed by atoms with Crippen molar-refractivity contribution < 1.29 is 4.79 Å². The zero-order valence-electron chi connectivity index (χ0n) is 11.0. The van der Waals surface area contributed by atoms with E-state index in [1.165, 1.54) is 0 Å². The van der Waals surface area contributed by atoms with Crippen LogP contribution in [0, 0.1) is 5.92 Å². The average molecular weight is 226 g/mol. The third-order valence-corrected chi connectivity index (χ3v) is 3.15.